The number of rotatable bonds is 4. The maximum Gasteiger partial charge on any atom is 0.338 e. The summed E-state index contributed by atoms with van der Waals surface area (Å²) in [6.07, 6.45) is 7.56. The van der Waals surface area contributed by atoms with Gasteiger partial charge in [0.2, 0.25) is 0 Å². The first-order valence-electron chi connectivity index (χ1n) is 7.71. The topological polar surface area (TPSA) is 109 Å². The molecule has 0 fully saturated rings. The van der Waals surface area contributed by atoms with Gasteiger partial charge in [0.15, 0.2) is 5.65 Å². The number of pyridine rings is 1. The van der Waals surface area contributed by atoms with E-state index in [1.807, 2.05) is 6.07 Å². The van der Waals surface area contributed by atoms with E-state index in [2.05, 4.69) is 21.9 Å². The average molecular weight is 326 g/mol. The molecule has 1 amide bonds. The van der Waals surface area contributed by atoms with Crippen molar-refractivity contribution in [3.63, 3.8) is 0 Å². The summed E-state index contributed by atoms with van der Waals surface area (Å²) >= 11 is 0. The highest BCUT2D eigenvalue weighted by atomic mass is 16.2. The molecule has 0 spiro atoms. The molecular weight excluding hydrogens is 308 g/mol. The fraction of sp³-hybridized carbons (Fsp3) is 0.312. The number of unbranched alkanes of at least 4 members (excludes halogenated alkanes) is 1. The zero-order valence-electron chi connectivity index (χ0n) is 13.6. The third-order valence-electron chi connectivity index (χ3n) is 3.95. The lowest BCUT2D eigenvalue weighted by atomic mass is 10.0. The third kappa shape index (κ3) is 2.55. The van der Waals surface area contributed by atoms with Crippen molar-refractivity contribution in [1.82, 2.24) is 24.1 Å². The normalized spacial score (nSPS) is 11.1. The van der Waals surface area contributed by atoms with Crippen LogP contribution in [0.2, 0.25) is 0 Å². The fourth-order valence-corrected chi connectivity index (χ4v) is 2.73. The van der Waals surface area contributed by atoms with Gasteiger partial charge in [-0.1, -0.05) is 13.3 Å². The van der Waals surface area contributed by atoms with Crippen LogP contribution in [-0.2, 0) is 13.5 Å². The minimum absolute atomic E-state index is 0.401. The average Bonchev–Trinajstić information content (AvgIpc) is 2.83. The highest BCUT2D eigenvalue weighted by Gasteiger charge is 2.19. The van der Waals surface area contributed by atoms with Gasteiger partial charge in [0.25, 0.3) is 0 Å². The Morgan fingerprint density at radius 2 is 2.00 bits per heavy atom. The smallest absolute Gasteiger partial charge is 0.338 e. The highest BCUT2D eigenvalue weighted by molar-refractivity contribution is 5.88. The van der Waals surface area contributed by atoms with E-state index in [9.17, 15) is 9.59 Å². The Bertz CT molecular complexity index is 958. The van der Waals surface area contributed by atoms with Crippen molar-refractivity contribution in [2.75, 3.05) is 0 Å². The van der Waals surface area contributed by atoms with Gasteiger partial charge in [0, 0.05) is 25.0 Å². The van der Waals surface area contributed by atoms with Crippen LogP contribution in [0.25, 0.3) is 22.4 Å². The number of aromatic nitrogens is 5. The zero-order valence-corrected chi connectivity index (χ0v) is 13.6. The van der Waals surface area contributed by atoms with E-state index in [1.54, 1.807) is 19.4 Å². The summed E-state index contributed by atoms with van der Waals surface area (Å²) in [5.74, 6) is 0. The maximum absolute atomic E-state index is 12.3. The van der Waals surface area contributed by atoms with Crippen LogP contribution in [-0.4, -0.2) is 30.1 Å². The molecule has 0 aliphatic rings. The molecule has 3 aromatic heterocycles. The number of nitrogens with zero attached hydrogens (tertiary/aromatic N) is 5. The molecule has 0 saturated carbocycles. The SMILES string of the molecule is CCCCc1cc2c(nc1-c1cncnc1)n(C)c(=O)n2C(N)=O. The van der Waals surface area contributed by atoms with Crippen LogP contribution in [0.3, 0.4) is 0 Å². The molecule has 0 saturated heterocycles. The molecule has 3 heterocycles. The third-order valence-corrected chi connectivity index (χ3v) is 3.95. The van der Waals surface area contributed by atoms with Crippen LogP contribution < -0.4 is 11.4 Å². The molecule has 2 N–H and O–H groups in total. The quantitative estimate of drug-likeness (QED) is 0.780. The Labute approximate surface area is 138 Å². The Kier molecular flexibility index (Phi) is 4.11. The Morgan fingerprint density at radius 3 is 2.62 bits per heavy atom. The van der Waals surface area contributed by atoms with E-state index in [0.29, 0.717) is 16.9 Å². The van der Waals surface area contributed by atoms with E-state index in [4.69, 9.17) is 5.73 Å². The fourth-order valence-electron chi connectivity index (χ4n) is 2.73. The molecule has 8 nitrogen and oxygen atoms in total. The first kappa shape index (κ1) is 15.9. The van der Waals surface area contributed by atoms with Gasteiger partial charge < -0.3 is 5.73 Å². The van der Waals surface area contributed by atoms with Gasteiger partial charge in [0.1, 0.15) is 6.33 Å². The highest BCUT2D eigenvalue weighted by Crippen LogP contribution is 2.25. The van der Waals surface area contributed by atoms with E-state index in [1.165, 1.54) is 10.9 Å². The molecule has 8 heteroatoms. The molecule has 0 atom stereocenters. The van der Waals surface area contributed by atoms with Crippen molar-refractivity contribution in [2.45, 2.75) is 26.2 Å². The van der Waals surface area contributed by atoms with Gasteiger partial charge >= 0.3 is 11.7 Å². The number of imidazole rings is 1. The number of amides is 1. The van der Waals surface area contributed by atoms with Crippen molar-refractivity contribution < 1.29 is 4.79 Å². The van der Waals surface area contributed by atoms with Gasteiger partial charge in [-0.05, 0) is 24.5 Å². The second-order valence-electron chi connectivity index (χ2n) is 5.58. The van der Waals surface area contributed by atoms with Crippen LogP contribution in [0, 0.1) is 0 Å². The number of carbonyl (C=O) groups is 1. The molecule has 0 unspecified atom stereocenters. The summed E-state index contributed by atoms with van der Waals surface area (Å²) in [5, 5.41) is 0. The number of hydrogen-bond donors (Lipinski definition) is 1. The van der Waals surface area contributed by atoms with Crippen molar-refractivity contribution >= 4 is 17.2 Å². The largest absolute Gasteiger partial charge is 0.351 e. The predicted molar refractivity (Wildman–Crippen MR) is 89.6 cm³/mol. The summed E-state index contributed by atoms with van der Waals surface area (Å²) in [7, 11) is 1.56. The molecule has 0 aliphatic heterocycles. The number of carbonyl (C=O) groups excluding carboxylic acids is 1. The minimum Gasteiger partial charge on any atom is -0.351 e. The van der Waals surface area contributed by atoms with E-state index in [-0.39, 0.29) is 0 Å². The van der Waals surface area contributed by atoms with Crippen molar-refractivity contribution in [3.05, 3.63) is 40.8 Å². The lowest BCUT2D eigenvalue weighted by molar-refractivity contribution is 0.250. The Balaban J connectivity index is 2.33. The molecule has 24 heavy (non-hydrogen) atoms. The molecule has 124 valence electrons. The summed E-state index contributed by atoms with van der Waals surface area (Å²) in [4.78, 5) is 36.6. The lowest BCUT2D eigenvalue weighted by Gasteiger charge is -2.09. The monoisotopic (exact) mass is 326 g/mol. The molecular formula is C16H18N6O2. The second-order valence-corrected chi connectivity index (χ2v) is 5.58. The molecule has 0 aromatic carbocycles. The van der Waals surface area contributed by atoms with Crippen LogP contribution in [0.15, 0.2) is 29.6 Å². The number of hydrogen-bond acceptors (Lipinski definition) is 5. The summed E-state index contributed by atoms with van der Waals surface area (Å²) < 4.78 is 2.26. The zero-order chi connectivity index (χ0) is 17.3. The van der Waals surface area contributed by atoms with Crippen molar-refractivity contribution in [2.24, 2.45) is 12.8 Å². The van der Waals surface area contributed by atoms with Crippen LogP contribution in [0.1, 0.15) is 25.3 Å². The summed E-state index contributed by atoms with van der Waals surface area (Å²) in [5.41, 5.74) is 8.08. The van der Waals surface area contributed by atoms with Crippen LogP contribution >= 0.6 is 0 Å². The van der Waals surface area contributed by atoms with Gasteiger partial charge in [-0.25, -0.2) is 29.1 Å². The summed E-state index contributed by atoms with van der Waals surface area (Å²) in [6, 6.07) is 0.997. The number of nitrogens with two attached hydrogens (primary N) is 1. The standard InChI is InChI=1S/C16H18N6O2/c1-3-4-5-10-6-12-14(21(2)16(24)22(12)15(17)23)20-13(10)11-7-18-9-19-8-11/h6-9H,3-5H2,1-2H3,(H2,17,23). The van der Waals surface area contributed by atoms with Crippen molar-refractivity contribution in [1.29, 1.82) is 0 Å². The van der Waals surface area contributed by atoms with E-state index in [0.717, 1.165) is 35.0 Å². The minimum atomic E-state index is -0.815. The van der Waals surface area contributed by atoms with Gasteiger partial charge in [-0.3, -0.25) is 4.57 Å². The Morgan fingerprint density at radius 1 is 1.29 bits per heavy atom. The molecule has 3 rings (SSSR count). The van der Waals surface area contributed by atoms with E-state index < -0.39 is 11.7 Å². The van der Waals surface area contributed by atoms with Crippen LogP contribution in [0.4, 0.5) is 4.79 Å². The maximum atomic E-state index is 12.3. The van der Waals surface area contributed by atoms with E-state index >= 15 is 0 Å². The van der Waals surface area contributed by atoms with Crippen molar-refractivity contribution in [3.8, 4) is 11.3 Å². The number of primary amides is 1. The number of fused-ring (bicyclic) bond motifs is 1. The second kappa shape index (κ2) is 6.23. The summed E-state index contributed by atoms with van der Waals surface area (Å²) in [6.45, 7) is 2.10. The van der Waals surface area contributed by atoms with Gasteiger partial charge in [-0.15, -0.1) is 0 Å². The molecule has 0 radical (unpaired) electrons. The van der Waals surface area contributed by atoms with Gasteiger partial charge in [0.05, 0.1) is 11.2 Å². The van der Waals surface area contributed by atoms with Gasteiger partial charge in [-0.2, -0.15) is 0 Å². The molecule has 3 aromatic rings. The van der Waals surface area contributed by atoms with Crippen LogP contribution in [0.5, 0.6) is 0 Å². The Hall–Kier alpha value is -3.03. The molecule has 0 aliphatic carbocycles. The molecule has 0 bridgehead atoms. The predicted octanol–water partition coefficient (Wildman–Crippen LogP) is 1.46. The first-order chi connectivity index (χ1) is 11.5. The lowest BCUT2D eigenvalue weighted by Crippen LogP contribution is -2.32. The first-order valence-corrected chi connectivity index (χ1v) is 7.71. The number of aryl methyl sites for hydroxylation is 2.